The molecule has 20 heavy (non-hydrogen) atoms. The summed E-state index contributed by atoms with van der Waals surface area (Å²) >= 11 is 2.19. The van der Waals surface area contributed by atoms with Crippen molar-refractivity contribution in [3.63, 3.8) is 0 Å². The summed E-state index contributed by atoms with van der Waals surface area (Å²) in [5, 5.41) is 3.26. The van der Waals surface area contributed by atoms with E-state index in [1.54, 1.807) is 6.20 Å². The first-order valence-corrected chi connectivity index (χ1v) is 7.44. The number of aromatic nitrogens is 2. The van der Waals surface area contributed by atoms with Gasteiger partial charge in [-0.2, -0.15) is 0 Å². The van der Waals surface area contributed by atoms with Gasteiger partial charge in [0.15, 0.2) is 0 Å². The number of nitrogens with one attached hydrogen (secondary N) is 1. The van der Waals surface area contributed by atoms with Crippen molar-refractivity contribution < 1.29 is 9.47 Å². The molecule has 0 saturated carbocycles. The second-order valence-corrected chi connectivity index (χ2v) is 5.03. The van der Waals surface area contributed by atoms with Crippen molar-refractivity contribution in [3.8, 4) is 11.5 Å². The highest BCUT2D eigenvalue weighted by atomic mass is 127. The summed E-state index contributed by atoms with van der Waals surface area (Å²) in [6.45, 7) is 5.13. The van der Waals surface area contributed by atoms with Gasteiger partial charge in [-0.15, -0.1) is 0 Å². The SMILES string of the molecule is CCOc1ccc(OCC)c(Nc2ncncc2I)c1. The molecule has 2 rings (SSSR count). The van der Waals surface area contributed by atoms with Crippen LogP contribution in [0.25, 0.3) is 0 Å². The van der Waals surface area contributed by atoms with Crippen molar-refractivity contribution >= 4 is 34.1 Å². The van der Waals surface area contributed by atoms with Crippen LogP contribution in [0, 0.1) is 3.57 Å². The van der Waals surface area contributed by atoms with Crippen molar-refractivity contribution in [3.05, 3.63) is 34.3 Å². The summed E-state index contributed by atoms with van der Waals surface area (Å²) in [5.41, 5.74) is 0.828. The van der Waals surface area contributed by atoms with Gasteiger partial charge in [-0.1, -0.05) is 0 Å². The highest BCUT2D eigenvalue weighted by Gasteiger charge is 2.09. The average Bonchev–Trinajstić information content (AvgIpc) is 2.45. The van der Waals surface area contributed by atoms with Gasteiger partial charge in [0.05, 0.1) is 22.5 Å². The van der Waals surface area contributed by atoms with Crippen LogP contribution >= 0.6 is 22.6 Å². The number of anilines is 2. The zero-order valence-electron chi connectivity index (χ0n) is 11.4. The minimum absolute atomic E-state index is 0.601. The predicted molar refractivity (Wildman–Crippen MR) is 86.8 cm³/mol. The zero-order chi connectivity index (χ0) is 14.4. The monoisotopic (exact) mass is 385 g/mol. The fourth-order valence-corrected chi connectivity index (χ4v) is 2.11. The molecule has 1 aromatic carbocycles. The molecular formula is C14H16IN3O2. The van der Waals surface area contributed by atoms with Crippen LogP contribution in [0.1, 0.15) is 13.8 Å². The zero-order valence-corrected chi connectivity index (χ0v) is 13.5. The molecule has 106 valence electrons. The molecule has 6 heteroatoms. The van der Waals surface area contributed by atoms with E-state index >= 15 is 0 Å². The molecule has 0 fully saturated rings. The molecule has 0 aliphatic carbocycles. The van der Waals surface area contributed by atoms with Gasteiger partial charge in [0.2, 0.25) is 0 Å². The summed E-state index contributed by atoms with van der Waals surface area (Å²) in [6, 6.07) is 5.70. The van der Waals surface area contributed by atoms with E-state index in [0.717, 1.165) is 26.6 Å². The Hall–Kier alpha value is -1.57. The highest BCUT2D eigenvalue weighted by Crippen LogP contribution is 2.32. The number of rotatable bonds is 6. The molecule has 1 heterocycles. The van der Waals surface area contributed by atoms with E-state index in [4.69, 9.17) is 9.47 Å². The molecule has 0 saturated heterocycles. The van der Waals surface area contributed by atoms with Crippen LogP contribution in [0.2, 0.25) is 0 Å². The van der Waals surface area contributed by atoms with E-state index in [0.29, 0.717) is 13.2 Å². The molecule has 5 nitrogen and oxygen atoms in total. The van der Waals surface area contributed by atoms with Gasteiger partial charge in [-0.3, -0.25) is 0 Å². The van der Waals surface area contributed by atoms with Crippen molar-refractivity contribution in [2.24, 2.45) is 0 Å². The Morgan fingerprint density at radius 3 is 2.70 bits per heavy atom. The Bertz CT molecular complexity index is 578. The number of benzene rings is 1. The lowest BCUT2D eigenvalue weighted by Gasteiger charge is -2.14. The van der Waals surface area contributed by atoms with Crippen LogP contribution in [0.4, 0.5) is 11.5 Å². The van der Waals surface area contributed by atoms with E-state index in [1.165, 1.54) is 6.33 Å². The maximum Gasteiger partial charge on any atom is 0.147 e. The quantitative estimate of drug-likeness (QED) is 0.770. The van der Waals surface area contributed by atoms with Crippen molar-refractivity contribution in [2.45, 2.75) is 13.8 Å². The van der Waals surface area contributed by atoms with E-state index in [1.807, 2.05) is 32.0 Å². The average molecular weight is 385 g/mol. The largest absolute Gasteiger partial charge is 0.494 e. The summed E-state index contributed by atoms with van der Waals surface area (Å²) in [6.07, 6.45) is 3.26. The number of halogens is 1. The van der Waals surface area contributed by atoms with Gasteiger partial charge in [-0.05, 0) is 48.6 Å². The molecule has 1 N–H and O–H groups in total. The Morgan fingerprint density at radius 2 is 2.00 bits per heavy atom. The molecule has 0 aliphatic heterocycles. The van der Waals surface area contributed by atoms with Crippen LogP contribution in [-0.2, 0) is 0 Å². The van der Waals surface area contributed by atoms with Crippen LogP contribution < -0.4 is 14.8 Å². The van der Waals surface area contributed by atoms with Crippen LogP contribution in [0.15, 0.2) is 30.7 Å². The molecule has 0 unspecified atom stereocenters. The third kappa shape index (κ3) is 3.72. The predicted octanol–water partition coefficient (Wildman–Crippen LogP) is 3.62. The lowest BCUT2D eigenvalue weighted by molar-refractivity contribution is 0.332. The number of ether oxygens (including phenoxy) is 2. The maximum absolute atomic E-state index is 5.62. The van der Waals surface area contributed by atoms with Gasteiger partial charge < -0.3 is 14.8 Å². The second kappa shape index (κ2) is 7.28. The highest BCUT2D eigenvalue weighted by molar-refractivity contribution is 14.1. The van der Waals surface area contributed by atoms with Crippen molar-refractivity contribution in [1.29, 1.82) is 0 Å². The third-order valence-corrected chi connectivity index (χ3v) is 3.27. The lowest BCUT2D eigenvalue weighted by Crippen LogP contribution is -2.02. The van der Waals surface area contributed by atoms with E-state index in [9.17, 15) is 0 Å². The molecule has 0 amide bonds. The van der Waals surface area contributed by atoms with Crippen LogP contribution in [0.3, 0.4) is 0 Å². The fraction of sp³-hybridized carbons (Fsp3) is 0.286. The van der Waals surface area contributed by atoms with Crippen LogP contribution in [-0.4, -0.2) is 23.2 Å². The minimum Gasteiger partial charge on any atom is -0.494 e. The fourth-order valence-electron chi connectivity index (χ4n) is 1.68. The molecule has 2 aromatic rings. The van der Waals surface area contributed by atoms with Gasteiger partial charge >= 0.3 is 0 Å². The van der Waals surface area contributed by atoms with E-state index < -0.39 is 0 Å². The van der Waals surface area contributed by atoms with E-state index in [-0.39, 0.29) is 0 Å². The Balaban J connectivity index is 2.32. The third-order valence-electron chi connectivity index (χ3n) is 2.48. The topological polar surface area (TPSA) is 56.3 Å². The maximum atomic E-state index is 5.62. The molecule has 0 radical (unpaired) electrons. The summed E-state index contributed by atoms with van der Waals surface area (Å²) in [7, 11) is 0. The van der Waals surface area contributed by atoms with Gasteiger partial charge in [0.25, 0.3) is 0 Å². The Kier molecular flexibility index (Phi) is 5.40. The smallest absolute Gasteiger partial charge is 0.147 e. The number of nitrogens with zero attached hydrogens (tertiary/aromatic N) is 2. The van der Waals surface area contributed by atoms with Crippen LogP contribution in [0.5, 0.6) is 11.5 Å². The van der Waals surface area contributed by atoms with Gasteiger partial charge in [0, 0.05) is 12.3 Å². The standard InChI is InChI=1S/C14H16IN3O2/c1-3-19-10-5-6-13(20-4-2)12(7-10)18-14-11(15)8-16-9-17-14/h5-9H,3-4H2,1-2H3,(H,16,17,18). The molecule has 0 aliphatic rings. The van der Waals surface area contributed by atoms with Gasteiger partial charge in [0.1, 0.15) is 23.6 Å². The minimum atomic E-state index is 0.601. The Morgan fingerprint density at radius 1 is 1.20 bits per heavy atom. The molecular weight excluding hydrogens is 369 g/mol. The first-order valence-electron chi connectivity index (χ1n) is 6.36. The number of hydrogen-bond acceptors (Lipinski definition) is 5. The van der Waals surface area contributed by atoms with Gasteiger partial charge in [-0.25, -0.2) is 9.97 Å². The van der Waals surface area contributed by atoms with Crippen molar-refractivity contribution in [2.75, 3.05) is 18.5 Å². The Labute approximate surface area is 131 Å². The molecule has 1 aromatic heterocycles. The second-order valence-electron chi connectivity index (χ2n) is 3.87. The first-order chi connectivity index (χ1) is 9.74. The summed E-state index contributed by atoms with van der Waals surface area (Å²) in [4.78, 5) is 8.20. The van der Waals surface area contributed by atoms with Crippen molar-refractivity contribution in [1.82, 2.24) is 9.97 Å². The summed E-state index contributed by atoms with van der Waals surface area (Å²) < 4.78 is 12.1. The number of hydrogen-bond donors (Lipinski definition) is 1. The molecule has 0 bridgehead atoms. The first kappa shape index (κ1) is 14.8. The van der Waals surface area contributed by atoms with E-state index in [2.05, 4.69) is 37.9 Å². The lowest BCUT2D eigenvalue weighted by atomic mass is 10.2. The molecule has 0 atom stereocenters. The normalized spacial score (nSPS) is 10.2. The summed E-state index contributed by atoms with van der Waals surface area (Å²) in [5.74, 6) is 2.31. The molecule has 0 spiro atoms.